The van der Waals surface area contributed by atoms with Gasteiger partial charge in [0.05, 0.1) is 22.8 Å². The van der Waals surface area contributed by atoms with E-state index >= 15 is 0 Å². The lowest BCUT2D eigenvalue weighted by molar-refractivity contribution is -0.134. The second-order valence-electron chi connectivity index (χ2n) is 10.2. The minimum absolute atomic E-state index is 0. The molecule has 234 valence electrons. The van der Waals surface area contributed by atoms with Gasteiger partial charge in [0.2, 0.25) is 5.91 Å². The maximum Gasteiger partial charge on any atom is 0.259 e. The standard InChI is InChI=1S/C31H28Cl2N6O5.ClH/c1-37-11-12-38(18-27(37)41)13-14-39-10-2-3-23(31(39)44)19-4-6-20(7-5-19)29(42)36-28-24(15-22(33)16-25(28)40)30(43)35-26-9-8-21(32)17-34-26;/h2-10,15-17,40H,11-14,18H2,1H3,(H,36,42)(H,34,35,43);1H. The highest BCUT2D eigenvalue weighted by Gasteiger charge is 2.22. The number of amides is 3. The number of aromatic nitrogens is 2. The molecule has 0 atom stereocenters. The van der Waals surface area contributed by atoms with E-state index in [0.29, 0.717) is 42.3 Å². The minimum Gasteiger partial charge on any atom is -0.506 e. The van der Waals surface area contributed by atoms with Crippen LogP contribution in [0.1, 0.15) is 20.7 Å². The topological polar surface area (TPSA) is 137 Å². The smallest absolute Gasteiger partial charge is 0.259 e. The number of halogens is 3. The summed E-state index contributed by atoms with van der Waals surface area (Å²) < 4.78 is 1.61. The number of carbonyl (C=O) groups is 3. The lowest BCUT2D eigenvalue weighted by Gasteiger charge is -2.31. The highest BCUT2D eigenvalue weighted by molar-refractivity contribution is 6.32. The second kappa shape index (κ2) is 14.6. The van der Waals surface area contributed by atoms with Gasteiger partial charge >= 0.3 is 0 Å². The van der Waals surface area contributed by atoms with Crippen molar-refractivity contribution >= 4 is 64.8 Å². The van der Waals surface area contributed by atoms with Crippen molar-refractivity contribution in [3.63, 3.8) is 0 Å². The van der Waals surface area contributed by atoms with E-state index in [-0.39, 0.29) is 51.5 Å². The van der Waals surface area contributed by atoms with Crippen LogP contribution in [0.2, 0.25) is 10.0 Å². The zero-order valence-corrected chi connectivity index (χ0v) is 26.3. The fourth-order valence-corrected chi connectivity index (χ4v) is 5.03. The van der Waals surface area contributed by atoms with Gasteiger partial charge in [0.1, 0.15) is 11.6 Å². The van der Waals surface area contributed by atoms with Crippen LogP contribution < -0.4 is 16.2 Å². The quantitative estimate of drug-likeness (QED) is 0.233. The highest BCUT2D eigenvalue weighted by atomic mass is 35.5. The van der Waals surface area contributed by atoms with E-state index in [1.165, 1.54) is 24.4 Å². The van der Waals surface area contributed by atoms with Crippen LogP contribution in [0.15, 0.2) is 77.9 Å². The molecule has 5 rings (SSSR count). The molecule has 3 N–H and O–H groups in total. The number of likely N-dealkylation sites (N-methyl/N-ethyl adjacent to an activating group) is 1. The third-order valence-corrected chi connectivity index (χ3v) is 7.65. The summed E-state index contributed by atoms with van der Waals surface area (Å²) in [6.45, 7) is 2.73. The Bertz CT molecular complexity index is 1780. The first-order valence-electron chi connectivity index (χ1n) is 13.6. The predicted octanol–water partition coefficient (Wildman–Crippen LogP) is 4.62. The van der Waals surface area contributed by atoms with Crippen LogP contribution in [0.3, 0.4) is 0 Å². The molecule has 1 aliphatic heterocycles. The zero-order chi connectivity index (χ0) is 31.4. The molecule has 1 aliphatic rings. The minimum atomic E-state index is -0.664. The Morgan fingerprint density at radius 2 is 1.69 bits per heavy atom. The molecule has 0 saturated carbocycles. The Morgan fingerprint density at radius 1 is 0.933 bits per heavy atom. The summed E-state index contributed by atoms with van der Waals surface area (Å²) in [5.41, 5.74) is 0.886. The molecular weight excluding hydrogens is 643 g/mol. The van der Waals surface area contributed by atoms with Gasteiger partial charge in [-0.3, -0.25) is 24.1 Å². The van der Waals surface area contributed by atoms with Gasteiger partial charge in [-0.25, -0.2) is 4.98 Å². The van der Waals surface area contributed by atoms with Crippen molar-refractivity contribution in [1.82, 2.24) is 19.4 Å². The first kappa shape index (κ1) is 33.5. The molecule has 0 spiro atoms. The van der Waals surface area contributed by atoms with Crippen LogP contribution in [0.5, 0.6) is 5.75 Å². The van der Waals surface area contributed by atoms with Gasteiger partial charge in [0.25, 0.3) is 17.4 Å². The van der Waals surface area contributed by atoms with Crippen LogP contribution in [-0.4, -0.2) is 75.4 Å². The predicted molar refractivity (Wildman–Crippen MR) is 176 cm³/mol. The number of phenolic OH excluding ortho intramolecular Hbond substituents is 1. The molecule has 2 aromatic heterocycles. The average molecular weight is 672 g/mol. The maximum atomic E-state index is 13.2. The molecule has 0 aliphatic carbocycles. The summed E-state index contributed by atoms with van der Waals surface area (Å²) in [7, 11) is 1.78. The van der Waals surface area contributed by atoms with Crippen molar-refractivity contribution in [2.24, 2.45) is 0 Å². The normalized spacial score (nSPS) is 13.2. The van der Waals surface area contributed by atoms with Crippen LogP contribution >= 0.6 is 35.6 Å². The maximum absolute atomic E-state index is 13.2. The van der Waals surface area contributed by atoms with Crippen molar-refractivity contribution in [2.75, 3.05) is 43.9 Å². The molecular formula is C31H29Cl3N6O5. The summed E-state index contributed by atoms with van der Waals surface area (Å²) in [6, 6.07) is 15.4. The van der Waals surface area contributed by atoms with E-state index in [9.17, 15) is 24.3 Å². The second-order valence-corrected chi connectivity index (χ2v) is 11.1. The number of piperazine rings is 1. The molecule has 0 unspecified atom stereocenters. The fraction of sp³-hybridized carbons (Fsp3) is 0.194. The van der Waals surface area contributed by atoms with E-state index in [4.69, 9.17) is 23.2 Å². The van der Waals surface area contributed by atoms with Crippen LogP contribution in [0, 0.1) is 0 Å². The van der Waals surface area contributed by atoms with Crippen LogP contribution in [0.4, 0.5) is 11.5 Å². The first-order chi connectivity index (χ1) is 21.1. The molecule has 14 heteroatoms. The number of hydrogen-bond acceptors (Lipinski definition) is 7. The number of anilines is 2. The Morgan fingerprint density at radius 3 is 2.38 bits per heavy atom. The van der Waals surface area contributed by atoms with Gasteiger partial charge in [-0.15, -0.1) is 12.4 Å². The average Bonchev–Trinajstić information content (AvgIpc) is 3.00. The molecule has 3 amide bonds. The van der Waals surface area contributed by atoms with E-state index < -0.39 is 17.6 Å². The molecule has 0 radical (unpaired) electrons. The molecule has 4 aromatic rings. The van der Waals surface area contributed by atoms with Gasteiger partial charge in [0.15, 0.2) is 0 Å². The number of phenols is 1. The summed E-state index contributed by atoms with van der Waals surface area (Å²) in [4.78, 5) is 59.1. The third kappa shape index (κ3) is 8.00. The molecule has 11 nitrogen and oxygen atoms in total. The third-order valence-electron chi connectivity index (χ3n) is 7.21. The van der Waals surface area contributed by atoms with Crippen molar-refractivity contribution < 1.29 is 19.5 Å². The first-order valence-corrected chi connectivity index (χ1v) is 14.4. The van der Waals surface area contributed by atoms with Gasteiger partial charge in [-0.05, 0) is 48.0 Å². The summed E-state index contributed by atoms with van der Waals surface area (Å²) in [5.74, 6) is -1.39. The van der Waals surface area contributed by atoms with Crippen molar-refractivity contribution in [3.05, 3.63) is 105 Å². The lowest BCUT2D eigenvalue weighted by atomic mass is 10.0. The summed E-state index contributed by atoms with van der Waals surface area (Å²) in [6.07, 6.45) is 3.07. The summed E-state index contributed by atoms with van der Waals surface area (Å²) in [5, 5.41) is 16.2. The van der Waals surface area contributed by atoms with E-state index in [2.05, 4.69) is 15.6 Å². The van der Waals surface area contributed by atoms with E-state index in [1.807, 2.05) is 4.90 Å². The molecule has 0 bridgehead atoms. The number of aromatic hydroxyl groups is 1. The van der Waals surface area contributed by atoms with Crippen molar-refractivity contribution in [2.45, 2.75) is 6.54 Å². The Kier molecular flexibility index (Phi) is 10.8. The monoisotopic (exact) mass is 670 g/mol. The Balaban J connectivity index is 0.00000461. The number of rotatable bonds is 8. The number of benzene rings is 2. The van der Waals surface area contributed by atoms with E-state index in [1.54, 1.807) is 65.2 Å². The molecule has 1 saturated heterocycles. The number of carbonyl (C=O) groups excluding carboxylic acids is 3. The molecule has 3 heterocycles. The van der Waals surface area contributed by atoms with Gasteiger partial charge in [-0.1, -0.05) is 35.3 Å². The molecule has 45 heavy (non-hydrogen) atoms. The number of hydrogen-bond donors (Lipinski definition) is 3. The zero-order valence-electron chi connectivity index (χ0n) is 24.0. The van der Waals surface area contributed by atoms with Crippen molar-refractivity contribution in [3.8, 4) is 16.9 Å². The largest absolute Gasteiger partial charge is 0.506 e. The van der Waals surface area contributed by atoms with E-state index in [0.717, 1.165) is 6.54 Å². The van der Waals surface area contributed by atoms with Gasteiger partial charge in [-0.2, -0.15) is 0 Å². The SMILES string of the molecule is CN1CCN(CCn2cccc(-c3ccc(C(=O)Nc4c(O)cc(Cl)cc4C(=O)Nc4ccc(Cl)cn4)cc3)c2=O)CC1=O.Cl. The summed E-state index contributed by atoms with van der Waals surface area (Å²) >= 11 is 11.9. The lowest BCUT2D eigenvalue weighted by Crippen LogP contribution is -2.49. The van der Waals surface area contributed by atoms with Gasteiger partial charge in [0, 0.05) is 67.8 Å². The van der Waals surface area contributed by atoms with Gasteiger partial charge < -0.3 is 25.2 Å². The van der Waals surface area contributed by atoms with Crippen LogP contribution in [0.25, 0.3) is 11.1 Å². The Hall–Kier alpha value is -4.42. The number of nitrogens with one attached hydrogen (secondary N) is 2. The number of pyridine rings is 2. The van der Waals surface area contributed by atoms with Crippen molar-refractivity contribution in [1.29, 1.82) is 0 Å². The highest BCUT2D eigenvalue weighted by Crippen LogP contribution is 2.32. The van der Waals surface area contributed by atoms with Crippen LogP contribution in [-0.2, 0) is 11.3 Å². The fourth-order valence-electron chi connectivity index (χ4n) is 4.70. The molecule has 1 fully saturated rings. The Labute approximate surface area is 274 Å². The molecule has 2 aromatic carbocycles. The number of nitrogens with zero attached hydrogens (tertiary/aromatic N) is 4.